The number of carbonyl (C=O) groups is 1. The number of hydrogen-bond acceptors (Lipinski definition) is 4. The first-order valence-corrected chi connectivity index (χ1v) is 11.1. The fourth-order valence-electron chi connectivity index (χ4n) is 3.10. The van der Waals surface area contributed by atoms with Crippen LogP contribution >= 0.6 is 46.6 Å². The summed E-state index contributed by atoms with van der Waals surface area (Å²) >= 11 is 19.2. The Morgan fingerprint density at radius 2 is 1.79 bits per heavy atom. The van der Waals surface area contributed by atoms with E-state index in [0.717, 1.165) is 36.9 Å². The normalized spacial score (nSPS) is 13.8. The van der Waals surface area contributed by atoms with Crippen molar-refractivity contribution < 1.29 is 4.79 Å². The standard InChI is InChI=1S/C20H18Cl3N3OS/c21-14-8-16(23)18(9-15(14)22)25-19(27)11-28-20-13(10-24)7-12-5-3-1-2-4-6-17(12)26-20/h7-9H,1-6,11H2,(H,25,27). The van der Waals surface area contributed by atoms with Gasteiger partial charge in [0.15, 0.2) is 0 Å². The first-order valence-electron chi connectivity index (χ1n) is 8.98. The molecule has 0 bridgehead atoms. The monoisotopic (exact) mass is 453 g/mol. The maximum atomic E-state index is 12.3. The lowest BCUT2D eigenvalue weighted by atomic mass is 9.96. The van der Waals surface area contributed by atoms with Gasteiger partial charge in [0.05, 0.1) is 32.1 Å². The molecule has 0 saturated heterocycles. The second kappa shape index (κ2) is 9.84. The van der Waals surface area contributed by atoms with Crippen LogP contribution in [0, 0.1) is 11.3 Å². The molecule has 3 rings (SSSR count). The SMILES string of the molecule is N#Cc1cc2c(nc1SCC(=O)Nc1cc(Cl)c(Cl)cc1Cl)CCCCCC2. The van der Waals surface area contributed by atoms with Crippen molar-refractivity contribution in [1.82, 2.24) is 4.98 Å². The topological polar surface area (TPSA) is 65.8 Å². The number of nitrogens with zero attached hydrogens (tertiary/aromatic N) is 2. The highest BCUT2D eigenvalue weighted by molar-refractivity contribution is 8.00. The van der Waals surface area contributed by atoms with Gasteiger partial charge in [-0.2, -0.15) is 5.26 Å². The number of amides is 1. The molecular formula is C20H18Cl3N3OS. The number of pyridine rings is 1. The number of aromatic nitrogens is 1. The van der Waals surface area contributed by atoms with Crippen LogP contribution in [-0.2, 0) is 17.6 Å². The number of rotatable bonds is 4. The molecule has 0 aliphatic heterocycles. The van der Waals surface area contributed by atoms with Gasteiger partial charge in [0.25, 0.3) is 0 Å². The van der Waals surface area contributed by atoms with Crippen molar-refractivity contribution in [3.05, 3.63) is 50.1 Å². The zero-order valence-electron chi connectivity index (χ0n) is 15.0. The van der Waals surface area contributed by atoms with Crippen molar-refractivity contribution >= 4 is 58.2 Å². The number of nitrogens with one attached hydrogen (secondary N) is 1. The van der Waals surface area contributed by atoms with Crippen LogP contribution in [0.15, 0.2) is 23.2 Å². The summed E-state index contributed by atoms with van der Waals surface area (Å²) in [5, 5.41) is 13.7. The second-order valence-electron chi connectivity index (χ2n) is 6.56. The first-order chi connectivity index (χ1) is 13.5. The number of thioether (sulfide) groups is 1. The number of benzene rings is 1. The summed E-state index contributed by atoms with van der Waals surface area (Å²) in [5.41, 5.74) is 3.12. The minimum absolute atomic E-state index is 0.108. The van der Waals surface area contributed by atoms with Crippen LogP contribution in [0.4, 0.5) is 5.69 Å². The Morgan fingerprint density at radius 1 is 1.07 bits per heavy atom. The number of fused-ring (bicyclic) bond motifs is 1. The van der Waals surface area contributed by atoms with Gasteiger partial charge < -0.3 is 5.32 Å². The Bertz CT molecular complexity index is 943. The van der Waals surface area contributed by atoms with E-state index in [1.165, 1.54) is 36.7 Å². The van der Waals surface area contributed by atoms with E-state index >= 15 is 0 Å². The Kier molecular flexibility index (Phi) is 7.48. The third kappa shape index (κ3) is 5.33. The lowest BCUT2D eigenvalue weighted by Crippen LogP contribution is -2.15. The molecule has 1 heterocycles. The molecule has 0 spiro atoms. The number of halogens is 3. The van der Waals surface area contributed by atoms with Gasteiger partial charge in [-0.1, -0.05) is 59.4 Å². The molecule has 0 unspecified atom stereocenters. The van der Waals surface area contributed by atoms with Gasteiger partial charge in [-0.15, -0.1) is 0 Å². The molecule has 1 N–H and O–H groups in total. The molecular weight excluding hydrogens is 437 g/mol. The number of anilines is 1. The van der Waals surface area contributed by atoms with Gasteiger partial charge >= 0.3 is 0 Å². The molecule has 28 heavy (non-hydrogen) atoms. The van der Waals surface area contributed by atoms with Crippen LogP contribution in [0.3, 0.4) is 0 Å². The van der Waals surface area contributed by atoms with Gasteiger partial charge in [0, 0.05) is 5.69 Å². The Labute approximate surface area is 183 Å². The highest BCUT2D eigenvalue weighted by atomic mass is 35.5. The predicted molar refractivity (Wildman–Crippen MR) is 116 cm³/mol. The average molecular weight is 455 g/mol. The third-order valence-corrected chi connectivity index (χ3v) is 6.54. The average Bonchev–Trinajstić information content (AvgIpc) is 2.65. The molecule has 4 nitrogen and oxygen atoms in total. The van der Waals surface area contributed by atoms with Crippen molar-refractivity contribution in [3.63, 3.8) is 0 Å². The molecule has 0 saturated carbocycles. The quantitative estimate of drug-likeness (QED) is 0.434. The molecule has 0 atom stereocenters. The van der Waals surface area contributed by atoms with E-state index in [9.17, 15) is 10.1 Å². The molecule has 146 valence electrons. The number of hydrogen-bond donors (Lipinski definition) is 1. The zero-order chi connectivity index (χ0) is 20.1. The highest BCUT2D eigenvalue weighted by Crippen LogP contribution is 2.32. The summed E-state index contributed by atoms with van der Waals surface area (Å²) in [5.74, 6) is -0.153. The number of nitriles is 1. The van der Waals surface area contributed by atoms with E-state index in [2.05, 4.69) is 11.4 Å². The van der Waals surface area contributed by atoms with Crippen molar-refractivity contribution in [2.24, 2.45) is 0 Å². The predicted octanol–water partition coefficient (Wildman–Crippen LogP) is 6.30. The zero-order valence-corrected chi connectivity index (χ0v) is 18.1. The summed E-state index contributed by atoms with van der Waals surface area (Å²) in [6, 6.07) is 7.14. The lowest BCUT2D eigenvalue weighted by molar-refractivity contribution is -0.113. The van der Waals surface area contributed by atoms with E-state index in [0.29, 0.717) is 31.3 Å². The van der Waals surface area contributed by atoms with Crippen molar-refractivity contribution in [3.8, 4) is 6.07 Å². The lowest BCUT2D eigenvalue weighted by Gasteiger charge is -2.15. The van der Waals surface area contributed by atoms with E-state index in [4.69, 9.17) is 39.8 Å². The number of carbonyl (C=O) groups excluding carboxylic acids is 1. The molecule has 0 radical (unpaired) electrons. The second-order valence-corrected chi connectivity index (χ2v) is 8.74. The van der Waals surface area contributed by atoms with Gasteiger partial charge in [-0.3, -0.25) is 4.79 Å². The Hall–Kier alpha value is -1.45. The summed E-state index contributed by atoms with van der Waals surface area (Å²) < 4.78 is 0. The summed E-state index contributed by atoms with van der Waals surface area (Å²) in [7, 11) is 0. The first kappa shape index (κ1) is 21.3. The van der Waals surface area contributed by atoms with Gasteiger partial charge in [0.1, 0.15) is 11.1 Å². The highest BCUT2D eigenvalue weighted by Gasteiger charge is 2.16. The molecule has 1 aliphatic rings. The Morgan fingerprint density at radius 3 is 2.54 bits per heavy atom. The van der Waals surface area contributed by atoms with E-state index in [-0.39, 0.29) is 11.7 Å². The van der Waals surface area contributed by atoms with E-state index < -0.39 is 0 Å². The van der Waals surface area contributed by atoms with Gasteiger partial charge in [-0.25, -0.2) is 4.98 Å². The van der Waals surface area contributed by atoms with Gasteiger partial charge in [-0.05, 0) is 49.4 Å². The maximum absolute atomic E-state index is 12.3. The maximum Gasteiger partial charge on any atom is 0.234 e. The molecule has 1 aliphatic carbocycles. The molecule has 8 heteroatoms. The minimum Gasteiger partial charge on any atom is -0.324 e. The van der Waals surface area contributed by atoms with Crippen molar-refractivity contribution in [2.75, 3.05) is 11.1 Å². The van der Waals surface area contributed by atoms with E-state index in [1.54, 1.807) is 0 Å². The smallest absolute Gasteiger partial charge is 0.234 e. The molecule has 2 aromatic rings. The van der Waals surface area contributed by atoms with Crippen LogP contribution < -0.4 is 5.32 Å². The van der Waals surface area contributed by atoms with Crippen LogP contribution in [0.2, 0.25) is 15.1 Å². The molecule has 1 aromatic heterocycles. The van der Waals surface area contributed by atoms with Crippen LogP contribution in [0.1, 0.15) is 42.5 Å². The van der Waals surface area contributed by atoms with Crippen LogP contribution in [0.5, 0.6) is 0 Å². The summed E-state index contributed by atoms with van der Waals surface area (Å²) in [6.45, 7) is 0. The number of aryl methyl sites for hydroxylation is 2. The largest absolute Gasteiger partial charge is 0.324 e. The minimum atomic E-state index is -0.261. The van der Waals surface area contributed by atoms with Crippen molar-refractivity contribution in [2.45, 2.75) is 43.6 Å². The summed E-state index contributed by atoms with van der Waals surface area (Å²) in [6.07, 6.45) is 6.52. The van der Waals surface area contributed by atoms with Crippen LogP contribution in [0.25, 0.3) is 0 Å². The molecule has 1 aromatic carbocycles. The Balaban J connectivity index is 1.71. The molecule has 1 amide bonds. The summed E-state index contributed by atoms with van der Waals surface area (Å²) in [4.78, 5) is 17.0. The fraction of sp³-hybridized carbons (Fsp3) is 0.350. The fourth-order valence-corrected chi connectivity index (χ4v) is 4.47. The van der Waals surface area contributed by atoms with Crippen molar-refractivity contribution in [1.29, 1.82) is 5.26 Å². The van der Waals surface area contributed by atoms with Crippen LogP contribution in [-0.4, -0.2) is 16.6 Å². The third-order valence-electron chi connectivity index (χ3n) is 4.51. The van der Waals surface area contributed by atoms with Gasteiger partial charge in [0.2, 0.25) is 5.91 Å². The van der Waals surface area contributed by atoms with E-state index in [1.807, 2.05) is 6.07 Å². The molecule has 0 fully saturated rings.